The first-order valence-corrected chi connectivity index (χ1v) is 13.2. The minimum Gasteiger partial charge on any atom is -0.261 e. The van der Waals surface area contributed by atoms with E-state index in [0.29, 0.717) is 0 Å². The lowest BCUT2D eigenvalue weighted by Gasteiger charge is -2.41. The van der Waals surface area contributed by atoms with E-state index in [-0.39, 0.29) is 12.1 Å². The highest BCUT2D eigenvalue weighted by atomic mass is 31.1. The first kappa shape index (κ1) is 22.5. The first-order valence-electron chi connectivity index (χ1n) is 11.9. The van der Waals surface area contributed by atoms with Crippen LogP contribution in [0.1, 0.15) is 37.1 Å². The molecule has 0 heterocycles. The monoisotopic (exact) mass is 459 g/mol. The number of hydrogen-bond donors (Lipinski definition) is 0. The second kappa shape index (κ2) is 10.3. The summed E-state index contributed by atoms with van der Waals surface area (Å²) in [5.41, 5.74) is 2.69. The Morgan fingerprint density at radius 3 is 1.53 bits per heavy atom. The first-order chi connectivity index (χ1) is 16.7. The van der Waals surface area contributed by atoms with E-state index < -0.39 is 8.07 Å². The third kappa shape index (κ3) is 4.68. The van der Waals surface area contributed by atoms with E-state index in [1.807, 2.05) is 0 Å². The maximum absolute atomic E-state index is 2.74. The fraction of sp³-hybridized carbons (Fsp3) is 0.125. The summed E-state index contributed by atoms with van der Waals surface area (Å²) >= 11 is 0. The molecule has 0 spiro atoms. The summed E-state index contributed by atoms with van der Waals surface area (Å²) in [7, 11) is -0.750. The second-order valence-corrected chi connectivity index (χ2v) is 10.9. The van der Waals surface area contributed by atoms with Crippen LogP contribution >= 0.6 is 8.07 Å². The van der Waals surface area contributed by atoms with E-state index >= 15 is 0 Å². The molecule has 0 unspecified atom stereocenters. The largest absolute Gasteiger partial charge is 0.261 e. The normalized spacial score (nSPS) is 13.3. The van der Waals surface area contributed by atoms with Crippen LogP contribution in [0, 0.1) is 0 Å². The molecule has 0 aliphatic rings. The van der Waals surface area contributed by atoms with Crippen LogP contribution in [0.15, 0.2) is 133 Å². The molecule has 0 saturated carbocycles. The van der Waals surface area contributed by atoms with Crippen molar-refractivity contribution in [1.82, 2.24) is 4.67 Å². The van der Waals surface area contributed by atoms with Crippen molar-refractivity contribution in [3.8, 4) is 0 Å². The summed E-state index contributed by atoms with van der Waals surface area (Å²) in [6, 6.07) is 49.0. The molecule has 5 aromatic carbocycles. The molecule has 168 valence electrons. The van der Waals surface area contributed by atoms with Gasteiger partial charge in [-0.1, -0.05) is 127 Å². The smallest absolute Gasteiger partial charge is 0.0369 e. The number of hydrogen-bond acceptors (Lipinski definition) is 1. The van der Waals surface area contributed by atoms with Crippen molar-refractivity contribution in [1.29, 1.82) is 0 Å². The molecule has 0 aliphatic carbocycles. The van der Waals surface area contributed by atoms with E-state index in [9.17, 15) is 0 Å². The van der Waals surface area contributed by atoms with E-state index in [1.54, 1.807) is 0 Å². The van der Waals surface area contributed by atoms with Crippen molar-refractivity contribution >= 4 is 29.5 Å². The molecule has 0 saturated heterocycles. The van der Waals surface area contributed by atoms with Gasteiger partial charge in [0.05, 0.1) is 0 Å². The van der Waals surface area contributed by atoms with E-state index in [4.69, 9.17) is 0 Å². The van der Waals surface area contributed by atoms with E-state index in [0.717, 1.165) is 0 Å². The summed E-state index contributed by atoms with van der Waals surface area (Å²) in [4.78, 5) is 0. The summed E-state index contributed by atoms with van der Waals surface area (Å²) in [5.74, 6) is 0. The third-order valence-corrected chi connectivity index (χ3v) is 9.29. The molecule has 0 N–H and O–H groups in total. The number of fused-ring (bicyclic) bond motifs is 1. The van der Waals surface area contributed by atoms with Crippen LogP contribution in [0.3, 0.4) is 0 Å². The van der Waals surface area contributed by atoms with Gasteiger partial charge in [-0.05, 0) is 52.4 Å². The van der Waals surface area contributed by atoms with Crippen LogP contribution in [0.5, 0.6) is 0 Å². The SMILES string of the molecule is C[C@@H](c1ccccc1)N([C@@H](C)c1ccc2ccccc2c1)P(c1ccccc1)c1ccccc1. The minimum atomic E-state index is -0.750. The van der Waals surface area contributed by atoms with Crippen molar-refractivity contribution in [2.45, 2.75) is 25.9 Å². The molecule has 5 rings (SSSR count). The number of rotatable bonds is 7. The second-order valence-electron chi connectivity index (χ2n) is 8.73. The maximum Gasteiger partial charge on any atom is 0.0369 e. The van der Waals surface area contributed by atoms with Crippen LogP contribution in [-0.4, -0.2) is 4.67 Å². The lowest BCUT2D eigenvalue weighted by atomic mass is 10.0. The Bertz CT molecular complexity index is 1300. The lowest BCUT2D eigenvalue weighted by Crippen LogP contribution is -2.33. The summed E-state index contributed by atoms with van der Waals surface area (Å²) in [6.07, 6.45) is 0. The van der Waals surface area contributed by atoms with Crippen molar-refractivity contribution in [3.05, 3.63) is 145 Å². The molecule has 1 nitrogen and oxygen atoms in total. The highest BCUT2D eigenvalue weighted by Crippen LogP contribution is 2.50. The van der Waals surface area contributed by atoms with Crippen LogP contribution in [0.25, 0.3) is 10.8 Å². The summed E-state index contributed by atoms with van der Waals surface area (Å²) < 4.78 is 2.74. The zero-order valence-corrected chi connectivity index (χ0v) is 20.6. The highest BCUT2D eigenvalue weighted by Gasteiger charge is 2.32. The van der Waals surface area contributed by atoms with Gasteiger partial charge in [-0.3, -0.25) is 4.67 Å². The van der Waals surface area contributed by atoms with E-state index in [1.165, 1.54) is 32.5 Å². The Morgan fingerprint density at radius 1 is 0.471 bits per heavy atom. The Balaban J connectivity index is 1.67. The van der Waals surface area contributed by atoms with Crippen molar-refractivity contribution < 1.29 is 0 Å². The Morgan fingerprint density at radius 2 is 0.941 bits per heavy atom. The molecule has 5 aromatic rings. The molecule has 0 radical (unpaired) electrons. The van der Waals surface area contributed by atoms with Gasteiger partial charge < -0.3 is 0 Å². The van der Waals surface area contributed by atoms with Gasteiger partial charge in [0.1, 0.15) is 0 Å². The zero-order chi connectivity index (χ0) is 23.3. The van der Waals surface area contributed by atoms with Crippen LogP contribution < -0.4 is 10.6 Å². The molecule has 0 amide bonds. The van der Waals surface area contributed by atoms with Gasteiger partial charge in [0, 0.05) is 20.2 Å². The molecular formula is C32H30NP. The van der Waals surface area contributed by atoms with Gasteiger partial charge in [-0.25, -0.2) is 0 Å². The van der Waals surface area contributed by atoms with Gasteiger partial charge in [-0.15, -0.1) is 0 Å². The molecule has 0 bridgehead atoms. The fourth-order valence-electron chi connectivity index (χ4n) is 4.74. The van der Waals surface area contributed by atoms with Crippen LogP contribution in [0.4, 0.5) is 0 Å². The molecular weight excluding hydrogens is 429 g/mol. The Labute approximate surface area is 204 Å². The Hall–Kier alpha value is -3.25. The highest BCUT2D eigenvalue weighted by molar-refractivity contribution is 7.70. The predicted octanol–water partition coefficient (Wildman–Crippen LogP) is 8.01. The number of benzene rings is 5. The molecule has 0 aromatic heterocycles. The van der Waals surface area contributed by atoms with Gasteiger partial charge in [0.25, 0.3) is 0 Å². The topological polar surface area (TPSA) is 3.24 Å². The zero-order valence-electron chi connectivity index (χ0n) is 19.8. The van der Waals surface area contributed by atoms with Gasteiger partial charge in [0.15, 0.2) is 0 Å². The standard InChI is InChI=1S/C32H30NP/c1-25(27-14-6-3-7-15-27)33(26(2)29-23-22-28-16-12-13-17-30(28)24-29)34(31-18-8-4-9-19-31)32-20-10-5-11-21-32/h3-26H,1-2H3/t25-,26-/m0/s1. The fourth-order valence-corrected chi connectivity index (χ4v) is 7.44. The Kier molecular flexibility index (Phi) is 6.86. The van der Waals surface area contributed by atoms with Crippen molar-refractivity contribution in [2.75, 3.05) is 0 Å². The average Bonchev–Trinajstić information content (AvgIpc) is 2.92. The van der Waals surface area contributed by atoms with Gasteiger partial charge >= 0.3 is 0 Å². The summed E-state index contributed by atoms with van der Waals surface area (Å²) in [5, 5.41) is 5.33. The quantitative estimate of drug-likeness (QED) is 0.223. The molecule has 0 fully saturated rings. The van der Waals surface area contributed by atoms with Gasteiger partial charge in [0.2, 0.25) is 0 Å². The summed E-state index contributed by atoms with van der Waals surface area (Å²) in [6.45, 7) is 4.72. The minimum absolute atomic E-state index is 0.228. The maximum atomic E-state index is 2.74. The van der Waals surface area contributed by atoms with E-state index in [2.05, 4.69) is 152 Å². The van der Waals surface area contributed by atoms with Crippen LogP contribution in [-0.2, 0) is 0 Å². The van der Waals surface area contributed by atoms with Crippen LogP contribution in [0.2, 0.25) is 0 Å². The molecule has 2 atom stereocenters. The number of nitrogens with zero attached hydrogens (tertiary/aromatic N) is 1. The average molecular weight is 460 g/mol. The molecule has 2 heteroatoms. The predicted molar refractivity (Wildman–Crippen MR) is 148 cm³/mol. The molecule has 0 aliphatic heterocycles. The molecule has 34 heavy (non-hydrogen) atoms. The van der Waals surface area contributed by atoms with Crippen molar-refractivity contribution in [3.63, 3.8) is 0 Å². The lowest BCUT2D eigenvalue weighted by molar-refractivity contribution is 0.303. The third-order valence-electron chi connectivity index (χ3n) is 6.56. The van der Waals surface area contributed by atoms with Crippen molar-refractivity contribution in [2.24, 2.45) is 0 Å². The van der Waals surface area contributed by atoms with Gasteiger partial charge in [-0.2, -0.15) is 0 Å².